The predicted molar refractivity (Wildman–Crippen MR) is 128 cm³/mol. The molecule has 0 amide bonds. The molecule has 0 heterocycles. The minimum absolute atomic E-state index is 0. The second-order valence-corrected chi connectivity index (χ2v) is 7.03. The van der Waals surface area contributed by atoms with E-state index in [0.29, 0.717) is 0 Å². The van der Waals surface area contributed by atoms with Gasteiger partial charge in [-0.05, 0) is 43.4 Å². The molecule has 0 radical (unpaired) electrons. The van der Waals surface area contributed by atoms with Crippen molar-refractivity contribution in [2.75, 3.05) is 13.2 Å². The summed E-state index contributed by atoms with van der Waals surface area (Å²) in [5.41, 5.74) is 4.25. The van der Waals surface area contributed by atoms with Crippen molar-refractivity contribution in [3.05, 3.63) is 60.2 Å². The number of hydrogen-bond donors (Lipinski definition) is 0. The van der Waals surface area contributed by atoms with Gasteiger partial charge < -0.3 is 4.74 Å². The summed E-state index contributed by atoms with van der Waals surface area (Å²) in [4.78, 5) is 0. The molecule has 0 N–H and O–H groups in total. The van der Waals surface area contributed by atoms with E-state index in [9.17, 15) is 0 Å². The van der Waals surface area contributed by atoms with Gasteiger partial charge in [0, 0.05) is 13.2 Å². The van der Waals surface area contributed by atoms with E-state index in [4.69, 9.17) is 4.74 Å². The first-order valence-corrected chi connectivity index (χ1v) is 11.0. The van der Waals surface area contributed by atoms with Crippen molar-refractivity contribution in [3.63, 3.8) is 0 Å². The Kier molecular flexibility index (Phi) is 19.3. The van der Waals surface area contributed by atoms with Gasteiger partial charge in [-0.15, -0.1) is 0 Å². The number of unbranched alkanes of at least 4 members (excludes halogenated alkanes) is 7. The van der Waals surface area contributed by atoms with Gasteiger partial charge in [0.05, 0.1) is 0 Å². The molecular weight excluding hydrogens is 351 g/mol. The van der Waals surface area contributed by atoms with E-state index in [1.54, 1.807) is 0 Å². The van der Waals surface area contributed by atoms with Crippen LogP contribution < -0.4 is 0 Å². The third kappa shape index (κ3) is 12.8. The summed E-state index contributed by atoms with van der Waals surface area (Å²) in [7, 11) is 0. The Labute approximate surface area is 196 Å². The van der Waals surface area contributed by atoms with Gasteiger partial charge >= 0.3 is 29.6 Å². The van der Waals surface area contributed by atoms with E-state index >= 15 is 0 Å². The fraction of sp³-hybridized carbons (Fsp3) is 0.538. The van der Waals surface area contributed by atoms with Crippen molar-refractivity contribution in [2.45, 2.75) is 78.6 Å². The van der Waals surface area contributed by atoms with Gasteiger partial charge in [0.15, 0.2) is 0 Å². The van der Waals surface area contributed by atoms with E-state index in [-0.39, 0.29) is 29.6 Å². The minimum atomic E-state index is 0. The van der Waals surface area contributed by atoms with E-state index in [1.165, 1.54) is 74.5 Å². The molecule has 2 heteroatoms. The van der Waals surface area contributed by atoms with Gasteiger partial charge in [-0.3, -0.25) is 0 Å². The van der Waals surface area contributed by atoms with Crippen LogP contribution in [-0.2, 0) is 11.2 Å². The molecule has 0 bridgehead atoms. The zero-order chi connectivity index (χ0) is 19.6. The van der Waals surface area contributed by atoms with Crippen molar-refractivity contribution in [1.82, 2.24) is 0 Å². The summed E-state index contributed by atoms with van der Waals surface area (Å²) in [6.07, 6.45) is 12.3. The molecule has 0 saturated heterocycles. The maximum absolute atomic E-state index is 4.83. The van der Waals surface area contributed by atoms with Crippen molar-refractivity contribution in [1.29, 1.82) is 0 Å². The van der Waals surface area contributed by atoms with Crippen LogP contribution in [0, 0.1) is 0 Å². The number of aryl methyl sites for hydroxylation is 1. The SMILES string of the molecule is CCCCCCCCCCc1ccccc1-c1ccccc1.CCOCC.[NaH]. The van der Waals surface area contributed by atoms with Gasteiger partial charge in [-0.2, -0.15) is 0 Å². The third-order valence-corrected chi connectivity index (χ3v) is 4.81. The molecule has 2 aromatic carbocycles. The first kappa shape index (κ1) is 27.4. The molecule has 0 spiro atoms. The zero-order valence-corrected chi connectivity index (χ0v) is 17.9. The summed E-state index contributed by atoms with van der Waals surface area (Å²) in [5, 5.41) is 0. The molecule has 0 aromatic heterocycles. The molecule has 0 aliphatic carbocycles. The fourth-order valence-corrected chi connectivity index (χ4v) is 3.29. The van der Waals surface area contributed by atoms with Crippen LogP contribution in [0.15, 0.2) is 54.6 Å². The van der Waals surface area contributed by atoms with Crippen LogP contribution in [0.2, 0.25) is 0 Å². The van der Waals surface area contributed by atoms with Crippen LogP contribution in [0.5, 0.6) is 0 Å². The Morgan fingerprint density at radius 3 is 1.71 bits per heavy atom. The average Bonchev–Trinajstić information content (AvgIpc) is 2.72. The van der Waals surface area contributed by atoms with Crippen molar-refractivity contribution in [3.8, 4) is 11.1 Å². The van der Waals surface area contributed by atoms with Crippen LogP contribution in [0.4, 0.5) is 0 Å². The molecule has 0 fully saturated rings. The third-order valence-electron chi connectivity index (χ3n) is 4.81. The van der Waals surface area contributed by atoms with Crippen LogP contribution >= 0.6 is 0 Å². The first-order chi connectivity index (χ1) is 13.3. The molecule has 2 rings (SSSR count). The van der Waals surface area contributed by atoms with Crippen LogP contribution in [0.1, 0.15) is 77.7 Å². The molecule has 0 aliphatic heterocycles. The average molecular weight is 393 g/mol. The van der Waals surface area contributed by atoms with E-state index < -0.39 is 0 Å². The Morgan fingerprint density at radius 1 is 0.607 bits per heavy atom. The zero-order valence-electron chi connectivity index (χ0n) is 17.9. The standard InChI is InChI=1S/C22H30.C4H10O.Na.H/c1-2-3-4-5-6-7-8-10-15-21-18-13-14-19-22(21)20-16-11-9-12-17-20;1-3-5-4-2;;/h9,11-14,16-19H,2-8,10,15H2,1H3;3-4H2,1-2H3;;. The van der Waals surface area contributed by atoms with Gasteiger partial charge in [0.25, 0.3) is 0 Å². The Bertz CT molecular complexity index is 566. The van der Waals surface area contributed by atoms with Crippen LogP contribution in [0.3, 0.4) is 0 Å². The van der Waals surface area contributed by atoms with E-state index in [1.807, 2.05) is 13.8 Å². The quantitative estimate of drug-likeness (QED) is 0.269. The van der Waals surface area contributed by atoms with Crippen molar-refractivity contribution < 1.29 is 4.74 Å². The molecule has 0 aliphatic rings. The summed E-state index contributed by atoms with van der Waals surface area (Å²) in [6, 6.07) is 19.7. The molecular formula is C26H41NaO. The monoisotopic (exact) mass is 392 g/mol. The molecule has 0 atom stereocenters. The normalized spacial score (nSPS) is 9.96. The van der Waals surface area contributed by atoms with Crippen LogP contribution in [-0.4, -0.2) is 42.8 Å². The second-order valence-electron chi connectivity index (χ2n) is 7.03. The maximum atomic E-state index is 4.83. The Hall–Kier alpha value is -0.600. The topological polar surface area (TPSA) is 9.23 Å². The molecule has 0 saturated carbocycles. The van der Waals surface area contributed by atoms with Crippen LogP contribution in [0.25, 0.3) is 11.1 Å². The summed E-state index contributed by atoms with van der Waals surface area (Å²) in [5.74, 6) is 0. The molecule has 28 heavy (non-hydrogen) atoms. The molecule has 1 nitrogen and oxygen atoms in total. The predicted octanol–water partition coefficient (Wildman–Crippen LogP) is 7.43. The first-order valence-electron chi connectivity index (χ1n) is 11.0. The van der Waals surface area contributed by atoms with Crippen molar-refractivity contribution in [2.24, 2.45) is 0 Å². The number of rotatable bonds is 12. The van der Waals surface area contributed by atoms with Gasteiger partial charge in [0.2, 0.25) is 0 Å². The van der Waals surface area contributed by atoms with Gasteiger partial charge in [0.1, 0.15) is 0 Å². The van der Waals surface area contributed by atoms with Gasteiger partial charge in [-0.25, -0.2) is 0 Å². The molecule has 0 unspecified atom stereocenters. The van der Waals surface area contributed by atoms with E-state index in [2.05, 4.69) is 61.5 Å². The number of ether oxygens (including phenoxy) is 1. The van der Waals surface area contributed by atoms with E-state index in [0.717, 1.165) is 13.2 Å². The Balaban J connectivity index is 0.00000108. The summed E-state index contributed by atoms with van der Waals surface area (Å²) in [6.45, 7) is 7.95. The van der Waals surface area contributed by atoms with Gasteiger partial charge in [-0.1, -0.05) is 106 Å². The fourth-order valence-electron chi connectivity index (χ4n) is 3.29. The molecule has 152 valence electrons. The summed E-state index contributed by atoms with van der Waals surface area (Å²) >= 11 is 0. The number of hydrogen-bond acceptors (Lipinski definition) is 1. The molecule has 2 aromatic rings. The second kappa shape index (κ2) is 19.7. The summed E-state index contributed by atoms with van der Waals surface area (Å²) < 4.78 is 4.83. The Morgan fingerprint density at radius 2 is 1.14 bits per heavy atom. The van der Waals surface area contributed by atoms with Crippen molar-refractivity contribution >= 4 is 29.6 Å². The number of benzene rings is 2.